The predicted octanol–water partition coefficient (Wildman–Crippen LogP) is 3.78. The van der Waals surface area contributed by atoms with Gasteiger partial charge in [-0.05, 0) is 43.2 Å². The lowest BCUT2D eigenvalue weighted by molar-refractivity contribution is -0.184. The maximum absolute atomic E-state index is 12.9. The third-order valence-corrected chi connectivity index (χ3v) is 3.02. The van der Waals surface area contributed by atoms with Crippen molar-refractivity contribution in [1.29, 1.82) is 0 Å². The zero-order chi connectivity index (χ0) is 14.4. The Morgan fingerprint density at radius 1 is 1.32 bits per heavy atom. The van der Waals surface area contributed by atoms with Gasteiger partial charge < -0.3 is 4.74 Å². The van der Waals surface area contributed by atoms with E-state index in [-0.39, 0.29) is 5.75 Å². The summed E-state index contributed by atoms with van der Waals surface area (Å²) >= 11 is 5.22. The molecule has 0 aromatic heterocycles. The molecule has 2 nitrogen and oxygen atoms in total. The number of fused-ring (bicyclic) bond motifs is 1. The topological polar surface area (TPSA) is 26.3 Å². The first-order chi connectivity index (χ1) is 8.70. The SMILES string of the molecule is Cc1cc(C)c2c(c1)C=C(C(=O)Cl)C(C(F)(F)F)O2. The fourth-order valence-corrected chi connectivity index (χ4v) is 2.24. The minimum atomic E-state index is -4.69. The van der Waals surface area contributed by atoms with Crippen LogP contribution in [-0.2, 0) is 4.79 Å². The van der Waals surface area contributed by atoms with E-state index in [1.807, 2.05) is 0 Å². The normalized spacial score (nSPS) is 18.4. The van der Waals surface area contributed by atoms with Gasteiger partial charge >= 0.3 is 6.18 Å². The Balaban J connectivity index is 2.61. The van der Waals surface area contributed by atoms with Crippen LogP contribution in [0.3, 0.4) is 0 Å². The van der Waals surface area contributed by atoms with Gasteiger partial charge in [0.15, 0.2) is 0 Å². The quantitative estimate of drug-likeness (QED) is 0.736. The first-order valence-electron chi connectivity index (χ1n) is 5.46. The van der Waals surface area contributed by atoms with E-state index in [4.69, 9.17) is 16.3 Å². The van der Waals surface area contributed by atoms with Crippen molar-refractivity contribution in [2.45, 2.75) is 26.1 Å². The monoisotopic (exact) mass is 290 g/mol. The van der Waals surface area contributed by atoms with Crippen LogP contribution in [0.25, 0.3) is 6.08 Å². The fraction of sp³-hybridized carbons (Fsp3) is 0.308. The summed E-state index contributed by atoms with van der Waals surface area (Å²) in [5.74, 6) is 0.134. The number of hydrogen-bond donors (Lipinski definition) is 0. The zero-order valence-electron chi connectivity index (χ0n) is 10.1. The molecule has 0 fully saturated rings. The highest BCUT2D eigenvalue weighted by molar-refractivity contribution is 6.68. The first kappa shape index (κ1) is 13.9. The molecule has 0 bridgehead atoms. The second-order valence-corrected chi connectivity index (χ2v) is 4.76. The van der Waals surface area contributed by atoms with Gasteiger partial charge in [0.2, 0.25) is 6.10 Å². The van der Waals surface area contributed by atoms with Crippen LogP contribution in [0, 0.1) is 13.8 Å². The molecule has 0 saturated heterocycles. The molecule has 0 amide bonds. The van der Waals surface area contributed by atoms with E-state index < -0.39 is 23.1 Å². The Kier molecular flexibility index (Phi) is 3.34. The van der Waals surface area contributed by atoms with Gasteiger partial charge in [-0.2, -0.15) is 13.2 Å². The smallest absolute Gasteiger partial charge is 0.429 e. The molecular weight excluding hydrogens is 281 g/mol. The summed E-state index contributed by atoms with van der Waals surface area (Å²) in [6.07, 6.45) is -5.86. The van der Waals surface area contributed by atoms with E-state index in [0.29, 0.717) is 11.1 Å². The highest BCUT2D eigenvalue weighted by Gasteiger charge is 2.48. The van der Waals surface area contributed by atoms with Crippen molar-refractivity contribution in [2.24, 2.45) is 0 Å². The first-order valence-corrected chi connectivity index (χ1v) is 5.84. The van der Waals surface area contributed by atoms with Crippen LogP contribution in [0.1, 0.15) is 16.7 Å². The number of carbonyl (C=O) groups excluding carboxylic acids is 1. The van der Waals surface area contributed by atoms with Crippen LogP contribution in [0.15, 0.2) is 17.7 Å². The maximum Gasteiger partial charge on any atom is 0.429 e. The highest BCUT2D eigenvalue weighted by atomic mass is 35.5. The molecule has 1 atom stereocenters. The number of hydrogen-bond acceptors (Lipinski definition) is 2. The molecule has 1 aromatic carbocycles. The van der Waals surface area contributed by atoms with Gasteiger partial charge in [-0.1, -0.05) is 11.6 Å². The lowest BCUT2D eigenvalue weighted by Gasteiger charge is -2.28. The Morgan fingerprint density at radius 2 is 1.95 bits per heavy atom. The summed E-state index contributed by atoms with van der Waals surface area (Å²) in [7, 11) is 0. The molecule has 0 N–H and O–H groups in total. The fourth-order valence-electron chi connectivity index (χ4n) is 2.08. The number of ether oxygens (including phenoxy) is 1. The molecule has 0 spiro atoms. The zero-order valence-corrected chi connectivity index (χ0v) is 10.9. The van der Waals surface area contributed by atoms with Crippen molar-refractivity contribution in [3.63, 3.8) is 0 Å². The molecule has 1 aliphatic rings. The summed E-state index contributed by atoms with van der Waals surface area (Å²) in [4.78, 5) is 11.2. The summed E-state index contributed by atoms with van der Waals surface area (Å²) in [5, 5.41) is -1.16. The molecule has 19 heavy (non-hydrogen) atoms. The average Bonchev–Trinajstić information content (AvgIpc) is 2.25. The second kappa shape index (κ2) is 4.56. The maximum atomic E-state index is 12.9. The van der Waals surface area contributed by atoms with Crippen molar-refractivity contribution < 1.29 is 22.7 Å². The van der Waals surface area contributed by atoms with E-state index >= 15 is 0 Å². The number of alkyl halides is 3. The minimum absolute atomic E-state index is 0.134. The van der Waals surface area contributed by atoms with Gasteiger partial charge in [0, 0.05) is 5.56 Å². The number of benzene rings is 1. The molecule has 1 aromatic rings. The minimum Gasteiger partial charge on any atom is -0.475 e. The van der Waals surface area contributed by atoms with Gasteiger partial charge in [-0.25, -0.2) is 0 Å². The van der Waals surface area contributed by atoms with Crippen LogP contribution in [0.4, 0.5) is 13.2 Å². The van der Waals surface area contributed by atoms with Gasteiger partial charge in [0.25, 0.3) is 5.24 Å². The van der Waals surface area contributed by atoms with E-state index in [0.717, 1.165) is 11.6 Å². The van der Waals surface area contributed by atoms with Gasteiger partial charge in [0.05, 0.1) is 5.57 Å². The van der Waals surface area contributed by atoms with Crippen LogP contribution in [0.5, 0.6) is 5.75 Å². The lowest BCUT2D eigenvalue weighted by atomic mass is 9.98. The molecule has 0 radical (unpaired) electrons. The van der Waals surface area contributed by atoms with Crippen molar-refractivity contribution in [2.75, 3.05) is 0 Å². The predicted molar refractivity (Wildman–Crippen MR) is 65.2 cm³/mol. The molecule has 6 heteroatoms. The van der Waals surface area contributed by atoms with E-state index in [9.17, 15) is 18.0 Å². The molecule has 102 valence electrons. The molecule has 1 unspecified atom stereocenters. The molecular formula is C13H10ClF3O2. The summed E-state index contributed by atoms with van der Waals surface area (Å²) in [6.45, 7) is 3.46. The van der Waals surface area contributed by atoms with Crippen molar-refractivity contribution >= 4 is 22.9 Å². The number of rotatable bonds is 1. The number of aryl methyl sites for hydroxylation is 2. The number of halogens is 4. The molecule has 2 rings (SSSR count). The second-order valence-electron chi connectivity index (χ2n) is 4.41. The van der Waals surface area contributed by atoms with Crippen LogP contribution >= 0.6 is 11.6 Å². The molecule has 0 saturated carbocycles. The Hall–Kier alpha value is -1.49. The Bertz CT molecular complexity index is 576. The Labute approximate surface area is 112 Å². The van der Waals surface area contributed by atoms with Crippen molar-refractivity contribution in [3.05, 3.63) is 34.4 Å². The summed E-state index contributed by atoms with van der Waals surface area (Å²) in [6, 6.07) is 3.36. The van der Waals surface area contributed by atoms with Crippen LogP contribution in [0.2, 0.25) is 0 Å². The molecule has 1 aliphatic heterocycles. The van der Waals surface area contributed by atoms with Gasteiger partial charge in [-0.15, -0.1) is 0 Å². The standard InChI is InChI=1S/C13H10ClF3O2/c1-6-3-7(2)10-8(4-6)5-9(12(14)18)11(19-10)13(15,16)17/h3-5,11H,1-2H3. The summed E-state index contributed by atoms with van der Waals surface area (Å²) in [5.41, 5.74) is 1.29. The van der Waals surface area contributed by atoms with Crippen molar-refractivity contribution in [3.8, 4) is 5.75 Å². The number of carbonyl (C=O) groups is 1. The van der Waals surface area contributed by atoms with E-state index in [2.05, 4.69) is 0 Å². The van der Waals surface area contributed by atoms with Gasteiger partial charge in [0.1, 0.15) is 5.75 Å². The third kappa shape index (κ3) is 2.61. The third-order valence-electron chi connectivity index (χ3n) is 2.80. The van der Waals surface area contributed by atoms with E-state index in [1.165, 1.54) is 0 Å². The molecule has 0 aliphatic carbocycles. The summed E-state index contributed by atoms with van der Waals surface area (Å²) < 4.78 is 43.6. The van der Waals surface area contributed by atoms with Crippen molar-refractivity contribution in [1.82, 2.24) is 0 Å². The molecule has 1 heterocycles. The van der Waals surface area contributed by atoms with Crippen LogP contribution < -0.4 is 4.74 Å². The van der Waals surface area contributed by atoms with Gasteiger partial charge in [-0.3, -0.25) is 4.79 Å². The Morgan fingerprint density at radius 3 is 2.47 bits per heavy atom. The largest absolute Gasteiger partial charge is 0.475 e. The van der Waals surface area contributed by atoms with E-state index in [1.54, 1.807) is 26.0 Å². The van der Waals surface area contributed by atoms with Crippen LogP contribution in [-0.4, -0.2) is 17.5 Å². The highest BCUT2D eigenvalue weighted by Crippen LogP contribution is 2.39. The lowest BCUT2D eigenvalue weighted by Crippen LogP contribution is -2.39. The average molecular weight is 291 g/mol.